The molecule has 2 aromatic rings. The van der Waals surface area contributed by atoms with Crippen molar-refractivity contribution in [3.8, 4) is 11.8 Å². The highest BCUT2D eigenvalue weighted by Gasteiger charge is 2.23. The van der Waals surface area contributed by atoms with Gasteiger partial charge in [-0.15, -0.1) is 0 Å². The molecule has 142 valence electrons. The Balaban J connectivity index is 2.11. The molecule has 0 aliphatic rings. The predicted molar refractivity (Wildman–Crippen MR) is 102 cm³/mol. The second-order valence-electron chi connectivity index (χ2n) is 5.86. The fraction of sp³-hybridized carbons (Fsp3) is 0.263. The molecule has 1 amide bonds. The smallest absolute Gasteiger partial charge is 0.243 e. The number of carbonyl (C=O) groups excluding carboxylic acids is 1. The number of likely N-dealkylation sites (N-methyl/N-ethyl adjacent to an activating group) is 1. The highest BCUT2D eigenvalue weighted by atomic mass is 32.2. The van der Waals surface area contributed by atoms with E-state index in [-0.39, 0.29) is 11.4 Å². The minimum atomic E-state index is -3.83. The van der Waals surface area contributed by atoms with E-state index in [2.05, 4.69) is 5.32 Å². The van der Waals surface area contributed by atoms with Crippen LogP contribution < -0.4 is 10.1 Å². The zero-order valence-corrected chi connectivity index (χ0v) is 16.2. The predicted octanol–water partition coefficient (Wildman–Crippen LogP) is 2.52. The maximum atomic E-state index is 12.7. The Bertz CT molecular complexity index is 981. The van der Waals surface area contributed by atoms with Gasteiger partial charge >= 0.3 is 0 Å². The molecule has 0 aliphatic heterocycles. The topological polar surface area (TPSA) is 99.5 Å². The number of nitrogens with one attached hydrogen (secondary N) is 1. The minimum absolute atomic E-state index is 0.0882. The van der Waals surface area contributed by atoms with Crippen LogP contribution >= 0.6 is 0 Å². The number of nitrogens with zero attached hydrogens (tertiary/aromatic N) is 2. The molecule has 0 heterocycles. The van der Waals surface area contributed by atoms with Gasteiger partial charge in [0.05, 0.1) is 29.7 Å². The lowest BCUT2D eigenvalue weighted by Crippen LogP contribution is -2.35. The van der Waals surface area contributed by atoms with Gasteiger partial charge in [-0.3, -0.25) is 4.79 Å². The normalized spacial score (nSPS) is 11.1. The van der Waals surface area contributed by atoms with E-state index in [0.29, 0.717) is 29.2 Å². The van der Waals surface area contributed by atoms with Crippen LogP contribution in [-0.4, -0.2) is 38.8 Å². The van der Waals surface area contributed by atoms with Crippen molar-refractivity contribution in [3.05, 3.63) is 53.6 Å². The van der Waals surface area contributed by atoms with Gasteiger partial charge in [0.1, 0.15) is 5.75 Å². The standard InChI is InChI=1S/C19H21N3O4S/c1-4-26-18-9-8-17(10-14(18)2)27(24,25)22(3)13-19(23)21-16-7-5-6-15(11-16)12-20/h5-11H,4,13H2,1-3H3,(H,21,23). The number of hydrogen-bond acceptors (Lipinski definition) is 5. The fourth-order valence-electron chi connectivity index (χ4n) is 2.43. The van der Waals surface area contributed by atoms with E-state index >= 15 is 0 Å². The summed E-state index contributed by atoms with van der Waals surface area (Å²) in [6.45, 7) is 3.74. The first-order chi connectivity index (χ1) is 12.8. The van der Waals surface area contributed by atoms with Gasteiger partial charge in [0, 0.05) is 12.7 Å². The maximum absolute atomic E-state index is 12.7. The Morgan fingerprint density at radius 1 is 1.26 bits per heavy atom. The summed E-state index contributed by atoms with van der Waals surface area (Å²) in [7, 11) is -2.49. The van der Waals surface area contributed by atoms with Crippen LogP contribution in [0, 0.1) is 18.3 Å². The number of carbonyl (C=O) groups is 1. The molecule has 0 aliphatic carbocycles. The molecule has 1 N–H and O–H groups in total. The highest BCUT2D eigenvalue weighted by molar-refractivity contribution is 7.89. The number of nitriles is 1. The molecule has 0 radical (unpaired) electrons. The molecule has 0 saturated carbocycles. The van der Waals surface area contributed by atoms with Gasteiger partial charge in [0.15, 0.2) is 0 Å². The van der Waals surface area contributed by atoms with Crippen LogP contribution in [0.3, 0.4) is 0 Å². The molecule has 27 heavy (non-hydrogen) atoms. The first kappa shape index (κ1) is 20.4. The van der Waals surface area contributed by atoms with Crippen LogP contribution in [-0.2, 0) is 14.8 Å². The van der Waals surface area contributed by atoms with Crippen molar-refractivity contribution in [1.29, 1.82) is 5.26 Å². The summed E-state index contributed by atoms with van der Waals surface area (Å²) in [4.78, 5) is 12.3. The fourth-order valence-corrected chi connectivity index (χ4v) is 3.65. The lowest BCUT2D eigenvalue weighted by atomic mass is 10.2. The van der Waals surface area contributed by atoms with E-state index in [4.69, 9.17) is 10.00 Å². The number of sulfonamides is 1. The van der Waals surface area contributed by atoms with Crippen LogP contribution in [0.4, 0.5) is 5.69 Å². The summed E-state index contributed by atoms with van der Waals surface area (Å²) < 4.78 is 31.8. The van der Waals surface area contributed by atoms with E-state index in [0.717, 1.165) is 4.31 Å². The van der Waals surface area contributed by atoms with Crippen LogP contribution in [0.15, 0.2) is 47.4 Å². The second-order valence-corrected chi connectivity index (χ2v) is 7.91. The van der Waals surface area contributed by atoms with Gasteiger partial charge in [0.25, 0.3) is 0 Å². The van der Waals surface area contributed by atoms with E-state index in [1.54, 1.807) is 31.2 Å². The summed E-state index contributed by atoms with van der Waals surface area (Å²) in [6.07, 6.45) is 0. The van der Waals surface area contributed by atoms with E-state index in [9.17, 15) is 13.2 Å². The van der Waals surface area contributed by atoms with Crippen molar-refractivity contribution in [1.82, 2.24) is 4.31 Å². The van der Waals surface area contributed by atoms with Crippen molar-refractivity contribution in [2.45, 2.75) is 18.7 Å². The molecular weight excluding hydrogens is 366 g/mol. The van der Waals surface area contributed by atoms with E-state index in [1.807, 2.05) is 13.0 Å². The van der Waals surface area contributed by atoms with Gasteiger partial charge in [-0.2, -0.15) is 9.57 Å². The average Bonchev–Trinajstić information content (AvgIpc) is 2.63. The number of anilines is 1. The molecular formula is C19H21N3O4S. The first-order valence-electron chi connectivity index (χ1n) is 8.27. The Hall–Kier alpha value is -2.89. The lowest BCUT2D eigenvalue weighted by molar-refractivity contribution is -0.116. The van der Waals surface area contributed by atoms with Crippen molar-refractivity contribution in [3.63, 3.8) is 0 Å². The van der Waals surface area contributed by atoms with E-state index < -0.39 is 15.9 Å². The summed E-state index contributed by atoms with van der Waals surface area (Å²) in [5.74, 6) is 0.119. The van der Waals surface area contributed by atoms with Gasteiger partial charge in [-0.25, -0.2) is 8.42 Å². The molecule has 0 saturated heterocycles. The van der Waals surface area contributed by atoms with Crippen LogP contribution in [0.1, 0.15) is 18.1 Å². The minimum Gasteiger partial charge on any atom is -0.494 e. The van der Waals surface area contributed by atoms with Crippen LogP contribution in [0.25, 0.3) is 0 Å². The quantitative estimate of drug-likeness (QED) is 0.787. The van der Waals surface area contributed by atoms with Gasteiger partial charge in [0.2, 0.25) is 15.9 Å². The van der Waals surface area contributed by atoms with Crippen LogP contribution in [0.5, 0.6) is 5.75 Å². The average molecular weight is 387 g/mol. The number of hydrogen-bond donors (Lipinski definition) is 1. The zero-order valence-electron chi connectivity index (χ0n) is 15.4. The molecule has 0 aromatic heterocycles. The Morgan fingerprint density at radius 3 is 2.63 bits per heavy atom. The number of rotatable bonds is 7. The van der Waals surface area contributed by atoms with Crippen molar-refractivity contribution in [2.75, 3.05) is 25.5 Å². The SMILES string of the molecule is CCOc1ccc(S(=O)(=O)N(C)CC(=O)Nc2cccc(C#N)c2)cc1C. The third kappa shape index (κ3) is 5.06. The Kier molecular flexibility index (Phi) is 6.55. The van der Waals surface area contributed by atoms with Crippen molar-refractivity contribution in [2.24, 2.45) is 0 Å². The Labute approximate surface area is 159 Å². The van der Waals surface area contributed by atoms with Gasteiger partial charge in [-0.1, -0.05) is 6.07 Å². The molecule has 8 heteroatoms. The number of aryl methyl sites for hydroxylation is 1. The molecule has 7 nitrogen and oxygen atoms in total. The first-order valence-corrected chi connectivity index (χ1v) is 9.71. The maximum Gasteiger partial charge on any atom is 0.243 e. The molecule has 0 fully saturated rings. The number of amides is 1. The van der Waals surface area contributed by atoms with Gasteiger partial charge in [-0.05, 0) is 55.8 Å². The number of ether oxygens (including phenoxy) is 1. The third-order valence-electron chi connectivity index (χ3n) is 3.80. The summed E-state index contributed by atoms with van der Waals surface area (Å²) >= 11 is 0. The highest BCUT2D eigenvalue weighted by Crippen LogP contribution is 2.23. The van der Waals surface area contributed by atoms with Crippen molar-refractivity contribution < 1.29 is 17.9 Å². The molecule has 0 atom stereocenters. The van der Waals surface area contributed by atoms with E-state index in [1.165, 1.54) is 25.2 Å². The lowest BCUT2D eigenvalue weighted by Gasteiger charge is -2.18. The molecule has 2 aromatic carbocycles. The van der Waals surface area contributed by atoms with Gasteiger partial charge < -0.3 is 10.1 Å². The largest absolute Gasteiger partial charge is 0.494 e. The molecule has 0 unspecified atom stereocenters. The van der Waals surface area contributed by atoms with Crippen molar-refractivity contribution >= 4 is 21.6 Å². The molecule has 0 spiro atoms. The van der Waals surface area contributed by atoms with Crippen LogP contribution in [0.2, 0.25) is 0 Å². The third-order valence-corrected chi connectivity index (χ3v) is 5.60. The second kappa shape index (κ2) is 8.66. The monoisotopic (exact) mass is 387 g/mol. The Morgan fingerprint density at radius 2 is 2.00 bits per heavy atom. The summed E-state index contributed by atoms with van der Waals surface area (Å²) in [5, 5.41) is 11.5. The molecule has 0 bridgehead atoms. The summed E-state index contributed by atoms with van der Waals surface area (Å²) in [6, 6.07) is 12.9. The zero-order chi connectivity index (χ0) is 20.0. The summed E-state index contributed by atoms with van der Waals surface area (Å²) in [5.41, 5.74) is 1.53. The number of benzene rings is 2. The molecule has 2 rings (SSSR count).